The van der Waals surface area contributed by atoms with Crippen molar-refractivity contribution < 1.29 is 9.94 Å². The molecule has 0 saturated heterocycles. The molecule has 1 aromatic heterocycles. The minimum absolute atomic E-state index is 0.247. The number of pyridine rings is 1. The van der Waals surface area contributed by atoms with Gasteiger partial charge in [-0.1, -0.05) is 5.16 Å². The highest BCUT2D eigenvalue weighted by molar-refractivity contribution is 5.79. The van der Waals surface area contributed by atoms with E-state index in [-0.39, 0.29) is 5.84 Å². The molecule has 0 spiro atoms. The summed E-state index contributed by atoms with van der Waals surface area (Å²) in [7, 11) is 0. The average Bonchev–Trinajstić information content (AvgIpc) is 2.36. The van der Waals surface area contributed by atoms with E-state index in [0.29, 0.717) is 18.9 Å². The number of hydrogen-bond acceptors (Lipinski definition) is 5. The highest BCUT2D eigenvalue weighted by Gasteiger charge is 1.96. The standard InChI is InChI=1S/C11H18N4O2/c1-2-17-11-6-5-9(8-14-11)13-7-3-4-10(12)15-16/h5-6,8,13,16H,2-4,7H2,1H3,(H2,12,15). The first kappa shape index (κ1) is 13.1. The van der Waals surface area contributed by atoms with E-state index in [9.17, 15) is 0 Å². The molecule has 1 aromatic rings. The second kappa shape index (κ2) is 7.32. The van der Waals surface area contributed by atoms with E-state index in [1.165, 1.54) is 0 Å². The van der Waals surface area contributed by atoms with Crippen molar-refractivity contribution in [3.05, 3.63) is 18.3 Å². The number of anilines is 1. The fourth-order valence-corrected chi connectivity index (χ4v) is 1.27. The van der Waals surface area contributed by atoms with E-state index >= 15 is 0 Å². The van der Waals surface area contributed by atoms with Crippen LogP contribution in [0.15, 0.2) is 23.5 Å². The summed E-state index contributed by atoms with van der Waals surface area (Å²) in [5.74, 6) is 0.867. The molecule has 0 aliphatic carbocycles. The Bertz CT molecular complexity index is 351. The van der Waals surface area contributed by atoms with Crippen molar-refractivity contribution in [2.24, 2.45) is 10.9 Å². The maximum Gasteiger partial charge on any atom is 0.213 e. The summed E-state index contributed by atoms with van der Waals surface area (Å²) in [5, 5.41) is 14.4. The minimum atomic E-state index is 0.247. The maximum atomic E-state index is 8.35. The minimum Gasteiger partial charge on any atom is -0.478 e. The van der Waals surface area contributed by atoms with Crippen LogP contribution in [0.1, 0.15) is 19.8 Å². The quantitative estimate of drug-likeness (QED) is 0.220. The van der Waals surface area contributed by atoms with Crippen molar-refractivity contribution in [3.63, 3.8) is 0 Å². The van der Waals surface area contributed by atoms with Gasteiger partial charge in [0.25, 0.3) is 0 Å². The normalized spacial score (nSPS) is 11.2. The molecule has 0 aromatic carbocycles. The third-order valence-electron chi connectivity index (χ3n) is 2.10. The number of nitrogens with two attached hydrogens (primary N) is 1. The molecule has 0 aliphatic rings. The number of rotatable bonds is 7. The molecule has 0 aliphatic heterocycles. The van der Waals surface area contributed by atoms with Gasteiger partial charge in [0.15, 0.2) is 0 Å². The number of nitrogens with zero attached hydrogens (tertiary/aromatic N) is 2. The van der Waals surface area contributed by atoms with Gasteiger partial charge in [0, 0.05) is 19.0 Å². The Morgan fingerprint density at radius 3 is 3.00 bits per heavy atom. The lowest BCUT2D eigenvalue weighted by Crippen LogP contribution is -2.13. The van der Waals surface area contributed by atoms with Gasteiger partial charge in [-0.2, -0.15) is 0 Å². The zero-order chi connectivity index (χ0) is 12.5. The van der Waals surface area contributed by atoms with Gasteiger partial charge in [0.1, 0.15) is 5.84 Å². The topological polar surface area (TPSA) is 92.8 Å². The second-order valence-corrected chi connectivity index (χ2v) is 3.44. The number of aromatic nitrogens is 1. The van der Waals surface area contributed by atoms with Gasteiger partial charge in [-0.05, 0) is 19.4 Å². The monoisotopic (exact) mass is 238 g/mol. The largest absolute Gasteiger partial charge is 0.478 e. The summed E-state index contributed by atoms with van der Waals surface area (Å²) in [6.45, 7) is 3.27. The zero-order valence-electron chi connectivity index (χ0n) is 9.89. The first-order valence-corrected chi connectivity index (χ1v) is 5.55. The molecule has 0 bridgehead atoms. The molecule has 0 radical (unpaired) electrons. The number of nitrogens with one attached hydrogen (secondary N) is 1. The molecule has 0 fully saturated rings. The van der Waals surface area contributed by atoms with Gasteiger partial charge in [-0.25, -0.2) is 4.98 Å². The molecular weight excluding hydrogens is 220 g/mol. The highest BCUT2D eigenvalue weighted by atomic mass is 16.5. The molecule has 0 unspecified atom stereocenters. The Morgan fingerprint density at radius 1 is 1.59 bits per heavy atom. The van der Waals surface area contributed by atoms with E-state index in [0.717, 1.165) is 18.7 Å². The summed E-state index contributed by atoms with van der Waals surface area (Å²) in [6.07, 6.45) is 3.07. The summed E-state index contributed by atoms with van der Waals surface area (Å²) >= 11 is 0. The lowest BCUT2D eigenvalue weighted by Gasteiger charge is -2.06. The lowest BCUT2D eigenvalue weighted by molar-refractivity contribution is 0.316. The van der Waals surface area contributed by atoms with Crippen molar-refractivity contribution in [2.45, 2.75) is 19.8 Å². The summed E-state index contributed by atoms with van der Waals surface area (Å²) in [5.41, 5.74) is 6.27. The molecule has 1 rings (SSSR count). The van der Waals surface area contributed by atoms with E-state index in [1.54, 1.807) is 6.20 Å². The molecule has 94 valence electrons. The van der Waals surface area contributed by atoms with Crippen molar-refractivity contribution >= 4 is 11.5 Å². The van der Waals surface area contributed by atoms with E-state index in [2.05, 4.69) is 15.5 Å². The van der Waals surface area contributed by atoms with Crippen molar-refractivity contribution in [2.75, 3.05) is 18.5 Å². The Morgan fingerprint density at radius 2 is 2.41 bits per heavy atom. The number of hydrogen-bond donors (Lipinski definition) is 3. The van der Waals surface area contributed by atoms with Crippen LogP contribution in [-0.4, -0.2) is 29.2 Å². The van der Waals surface area contributed by atoms with E-state index in [1.807, 2.05) is 19.1 Å². The Kier molecular flexibility index (Phi) is 5.63. The van der Waals surface area contributed by atoms with Gasteiger partial charge >= 0.3 is 0 Å². The fraction of sp³-hybridized carbons (Fsp3) is 0.455. The van der Waals surface area contributed by atoms with Crippen LogP contribution in [-0.2, 0) is 0 Å². The number of ether oxygens (including phenoxy) is 1. The molecular formula is C11H18N4O2. The molecule has 6 heteroatoms. The number of amidine groups is 1. The Labute approximate surface area is 100 Å². The SMILES string of the molecule is CCOc1ccc(NCCCC(N)=NO)cn1. The van der Waals surface area contributed by atoms with Gasteiger partial charge in [0.05, 0.1) is 18.5 Å². The molecule has 4 N–H and O–H groups in total. The van der Waals surface area contributed by atoms with Crippen LogP contribution >= 0.6 is 0 Å². The van der Waals surface area contributed by atoms with E-state index < -0.39 is 0 Å². The Balaban J connectivity index is 2.27. The number of oxime groups is 1. The summed E-state index contributed by atoms with van der Waals surface area (Å²) < 4.78 is 5.23. The van der Waals surface area contributed by atoms with Gasteiger partial charge in [0.2, 0.25) is 5.88 Å². The van der Waals surface area contributed by atoms with Crippen LogP contribution in [0.3, 0.4) is 0 Å². The predicted molar refractivity (Wildman–Crippen MR) is 66.5 cm³/mol. The van der Waals surface area contributed by atoms with Crippen LogP contribution in [0.25, 0.3) is 0 Å². The molecule has 17 heavy (non-hydrogen) atoms. The molecule has 0 saturated carbocycles. The van der Waals surface area contributed by atoms with Crippen molar-refractivity contribution in [1.82, 2.24) is 4.98 Å². The van der Waals surface area contributed by atoms with Gasteiger partial charge < -0.3 is 21.0 Å². The third-order valence-corrected chi connectivity index (χ3v) is 2.10. The van der Waals surface area contributed by atoms with E-state index in [4.69, 9.17) is 15.7 Å². The summed E-state index contributed by atoms with van der Waals surface area (Å²) in [6, 6.07) is 3.72. The smallest absolute Gasteiger partial charge is 0.213 e. The fourth-order valence-electron chi connectivity index (χ4n) is 1.27. The lowest BCUT2D eigenvalue weighted by atomic mass is 10.3. The average molecular weight is 238 g/mol. The van der Waals surface area contributed by atoms with Crippen LogP contribution in [0, 0.1) is 0 Å². The highest BCUT2D eigenvalue weighted by Crippen LogP contribution is 2.11. The maximum absolute atomic E-state index is 8.35. The van der Waals surface area contributed by atoms with Crippen LogP contribution in [0.2, 0.25) is 0 Å². The van der Waals surface area contributed by atoms with Crippen LogP contribution < -0.4 is 15.8 Å². The van der Waals surface area contributed by atoms with Crippen LogP contribution in [0.4, 0.5) is 5.69 Å². The van der Waals surface area contributed by atoms with Crippen molar-refractivity contribution in [1.29, 1.82) is 0 Å². The van der Waals surface area contributed by atoms with Crippen molar-refractivity contribution in [3.8, 4) is 5.88 Å². The molecule has 1 heterocycles. The van der Waals surface area contributed by atoms with Gasteiger partial charge in [-0.3, -0.25) is 0 Å². The van der Waals surface area contributed by atoms with Gasteiger partial charge in [-0.15, -0.1) is 0 Å². The zero-order valence-corrected chi connectivity index (χ0v) is 9.89. The van der Waals surface area contributed by atoms with Crippen LogP contribution in [0.5, 0.6) is 5.88 Å². The third kappa shape index (κ3) is 5.05. The molecule has 0 atom stereocenters. The Hall–Kier alpha value is -1.98. The molecule has 6 nitrogen and oxygen atoms in total. The first-order chi connectivity index (χ1) is 8.26. The summed E-state index contributed by atoms with van der Waals surface area (Å²) in [4.78, 5) is 4.13. The second-order valence-electron chi connectivity index (χ2n) is 3.44. The predicted octanol–water partition coefficient (Wildman–Crippen LogP) is 1.42. The first-order valence-electron chi connectivity index (χ1n) is 5.55. The molecule has 0 amide bonds.